The fourth-order valence-corrected chi connectivity index (χ4v) is 13.2. The summed E-state index contributed by atoms with van der Waals surface area (Å²) < 4.78 is 12.3. The number of hydrogen-bond donors (Lipinski definition) is 2. The van der Waals surface area contributed by atoms with Crippen LogP contribution in [0.15, 0.2) is 0 Å². The standard InChI is InChI=1S/C32H51NO4/c1-18(2)20-9-14-28(4)21-10-16-31-13-7-8-23(31)32(28,25(20)33-26(21)31)17-11-22-29(5)15-12-24(36-19(3)34)30(22,6)27(35)37-29/h18,20-27,33,35H,7-17H2,1-6H3/t20-,21-,22-,23?,24+,25+,26?,27-,28+,29-,30-,31-,32+/m1/s1. The molecule has 37 heavy (non-hydrogen) atoms. The minimum absolute atomic E-state index is 0.193. The van der Waals surface area contributed by atoms with Crippen LogP contribution >= 0.6 is 0 Å². The topological polar surface area (TPSA) is 67.8 Å². The zero-order valence-corrected chi connectivity index (χ0v) is 24.1. The molecule has 1 spiro atoms. The monoisotopic (exact) mass is 513 g/mol. The molecule has 3 heterocycles. The van der Waals surface area contributed by atoms with Gasteiger partial charge in [0.15, 0.2) is 6.29 Å². The molecule has 5 saturated carbocycles. The third-order valence-corrected chi connectivity index (χ3v) is 14.6. The summed E-state index contributed by atoms with van der Waals surface area (Å²) in [7, 11) is 0. The van der Waals surface area contributed by atoms with Crippen molar-refractivity contribution in [3.05, 3.63) is 0 Å². The van der Waals surface area contributed by atoms with Gasteiger partial charge in [0, 0.05) is 24.9 Å². The summed E-state index contributed by atoms with van der Waals surface area (Å²) in [6, 6.07) is 1.34. The number of fused-ring (bicyclic) bond motifs is 2. The maximum absolute atomic E-state index is 12.1. The summed E-state index contributed by atoms with van der Waals surface area (Å²) in [6.45, 7) is 13.5. The summed E-state index contributed by atoms with van der Waals surface area (Å²) in [5, 5.41) is 15.7. The van der Waals surface area contributed by atoms with E-state index in [0.29, 0.717) is 28.2 Å². The number of aliphatic hydroxyl groups is 1. The van der Waals surface area contributed by atoms with Gasteiger partial charge in [0.25, 0.3) is 0 Å². The number of hydrogen-bond acceptors (Lipinski definition) is 5. The largest absolute Gasteiger partial charge is 0.462 e. The number of aliphatic hydroxyl groups excluding tert-OH is 1. The highest BCUT2D eigenvalue weighted by Gasteiger charge is 2.80. The number of nitrogens with one attached hydrogen (secondary N) is 1. The average molecular weight is 514 g/mol. The van der Waals surface area contributed by atoms with Gasteiger partial charge in [0.1, 0.15) is 6.10 Å². The summed E-state index contributed by atoms with van der Waals surface area (Å²) in [5.74, 6) is 3.05. The predicted molar refractivity (Wildman–Crippen MR) is 142 cm³/mol. The van der Waals surface area contributed by atoms with Crippen LogP contribution in [0.2, 0.25) is 0 Å². The first-order valence-electron chi connectivity index (χ1n) is 15.7. The molecule has 5 heteroatoms. The highest BCUT2D eigenvalue weighted by atomic mass is 16.6. The molecule has 2 unspecified atom stereocenters. The molecule has 8 fully saturated rings. The number of rotatable bonds is 5. The van der Waals surface area contributed by atoms with E-state index in [1.807, 2.05) is 0 Å². The Hall–Kier alpha value is -0.650. The number of esters is 1. The Morgan fingerprint density at radius 2 is 1.84 bits per heavy atom. The zero-order valence-electron chi connectivity index (χ0n) is 24.1. The van der Waals surface area contributed by atoms with Crippen molar-refractivity contribution in [2.45, 2.75) is 142 Å². The van der Waals surface area contributed by atoms with Gasteiger partial charge in [-0.2, -0.15) is 0 Å². The second kappa shape index (κ2) is 7.75. The first-order valence-corrected chi connectivity index (χ1v) is 15.7. The Bertz CT molecular complexity index is 984. The van der Waals surface area contributed by atoms with Crippen LogP contribution < -0.4 is 5.32 Å². The molecule has 3 aliphatic heterocycles. The average Bonchev–Trinajstić information content (AvgIpc) is 3.44. The van der Waals surface area contributed by atoms with E-state index in [1.165, 1.54) is 58.3 Å². The second-order valence-electron chi connectivity index (χ2n) is 15.7. The van der Waals surface area contributed by atoms with Gasteiger partial charge in [0.05, 0.1) is 11.0 Å². The molecule has 8 rings (SSSR count). The number of ether oxygens (including phenoxy) is 2. The molecule has 0 amide bonds. The normalized spacial score (nSPS) is 59.1. The molecule has 3 saturated heterocycles. The molecule has 2 N–H and O–H groups in total. The van der Waals surface area contributed by atoms with Crippen molar-refractivity contribution in [2.24, 2.45) is 51.2 Å². The smallest absolute Gasteiger partial charge is 0.302 e. The fourth-order valence-electron chi connectivity index (χ4n) is 13.2. The van der Waals surface area contributed by atoms with Crippen LogP contribution in [-0.4, -0.2) is 41.2 Å². The fraction of sp³-hybridized carbons (Fsp3) is 0.969. The van der Waals surface area contributed by atoms with Gasteiger partial charge in [0.2, 0.25) is 0 Å². The van der Waals surface area contributed by atoms with Crippen LogP contribution in [0.3, 0.4) is 0 Å². The highest BCUT2D eigenvalue weighted by molar-refractivity contribution is 5.66. The highest BCUT2D eigenvalue weighted by Crippen LogP contribution is 2.81. The van der Waals surface area contributed by atoms with Crippen molar-refractivity contribution in [3.63, 3.8) is 0 Å². The maximum Gasteiger partial charge on any atom is 0.302 e. The zero-order chi connectivity index (χ0) is 26.2. The summed E-state index contributed by atoms with van der Waals surface area (Å²) in [6.07, 6.45) is 12.6. The minimum atomic E-state index is -0.875. The Labute approximate surface area is 224 Å². The summed E-state index contributed by atoms with van der Waals surface area (Å²) in [5.41, 5.74) is 0.348. The van der Waals surface area contributed by atoms with E-state index in [1.54, 1.807) is 0 Å². The summed E-state index contributed by atoms with van der Waals surface area (Å²) in [4.78, 5) is 12.1. The van der Waals surface area contributed by atoms with Gasteiger partial charge in [-0.25, -0.2) is 0 Å². The lowest BCUT2D eigenvalue weighted by Gasteiger charge is -2.76. The molecule has 8 aliphatic rings. The van der Waals surface area contributed by atoms with E-state index in [4.69, 9.17) is 9.47 Å². The molecular weight excluding hydrogens is 462 g/mol. The Morgan fingerprint density at radius 3 is 2.57 bits per heavy atom. The van der Waals surface area contributed by atoms with Crippen molar-refractivity contribution in [1.29, 1.82) is 0 Å². The Kier molecular flexibility index (Phi) is 5.31. The van der Waals surface area contributed by atoms with Gasteiger partial charge in [-0.05, 0) is 111 Å². The Morgan fingerprint density at radius 1 is 1.05 bits per heavy atom. The van der Waals surface area contributed by atoms with E-state index in [9.17, 15) is 9.90 Å². The van der Waals surface area contributed by atoms with Gasteiger partial charge in [-0.15, -0.1) is 0 Å². The van der Waals surface area contributed by atoms with Crippen LogP contribution in [0.1, 0.15) is 112 Å². The van der Waals surface area contributed by atoms with E-state index in [0.717, 1.165) is 43.1 Å². The summed E-state index contributed by atoms with van der Waals surface area (Å²) >= 11 is 0. The van der Waals surface area contributed by atoms with E-state index in [2.05, 4.69) is 39.9 Å². The third kappa shape index (κ3) is 2.81. The van der Waals surface area contributed by atoms with Gasteiger partial charge >= 0.3 is 5.97 Å². The maximum atomic E-state index is 12.1. The molecule has 13 atom stereocenters. The van der Waals surface area contributed by atoms with Crippen LogP contribution in [0.4, 0.5) is 0 Å². The molecule has 5 aliphatic carbocycles. The van der Waals surface area contributed by atoms with Crippen molar-refractivity contribution >= 4 is 5.97 Å². The quantitative estimate of drug-likeness (QED) is 0.453. The van der Waals surface area contributed by atoms with Crippen LogP contribution in [0.5, 0.6) is 0 Å². The van der Waals surface area contributed by atoms with E-state index >= 15 is 0 Å². The van der Waals surface area contributed by atoms with Gasteiger partial charge in [-0.1, -0.05) is 34.1 Å². The molecule has 0 aromatic carbocycles. The third-order valence-electron chi connectivity index (χ3n) is 14.6. The molecule has 0 radical (unpaired) electrons. The second-order valence-corrected chi connectivity index (χ2v) is 15.7. The van der Waals surface area contributed by atoms with Crippen LogP contribution in [0.25, 0.3) is 0 Å². The molecule has 5 nitrogen and oxygen atoms in total. The van der Waals surface area contributed by atoms with Gasteiger partial charge < -0.3 is 19.9 Å². The van der Waals surface area contributed by atoms with E-state index < -0.39 is 11.7 Å². The lowest BCUT2D eigenvalue weighted by atomic mass is 9.33. The van der Waals surface area contributed by atoms with Crippen molar-refractivity contribution in [3.8, 4) is 0 Å². The first-order chi connectivity index (χ1) is 17.4. The number of piperidine rings is 2. The molecule has 0 aromatic heterocycles. The lowest BCUT2D eigenvalue weighted by Crippen LogP contribution is -2.80. The lowest BCUT2D eigenvalue weighted by molar-refractivity contribution is -0.249. The first kappa shape index (κ1) is 25.3. The minimum Gasteiger partial charge on any atom is -0.462 e. The predicted octanol–water partition coefficient (Wildman–Crippen LogP) is 5.83. The molecule has 0 aromatic rings. The SMILES string of the molecule is CC(=O)O[C@H]1CC[C@@]2(C)O[C@@H](O)[C@]1(C)[C@@H]2CC[C@]12C3CCC[C@@]34CC[C@@H]3C4N[C@H]1[C@@H](C(C)C)CC[C@@]32C. The van der Waals surface area contributed by atoms with Gasteiger partial charge in [-0.3, -0.25) is 4.79 Å². The molecule has 8 bridgehead atoms. The Balaban J connectivity index is 1.30. The molecular formula is C32H51NO4. The van der Waals surface area contributed by atoms with Crippen molar-refractivity contribution in [1.82, 2.24) is 5.32 Å². The van der Waals surface area contributed by atoms with Crippen molar-refractivity contribution in [2.75, 3.05) is 0 Å². The number of carbonyl (C=O) groups is 1. The van der Waals surface area contributed by atoms with Crippen LogP contribution in [0, 0.1) is 51.2 Å². The van der Waals surface area contributed by atoms with Crippen LogP contribution in [-0.2, 0) is 14.3 Å². The van der Waals surface area contributed by atoms with E-state index in [-0.39, 0.29) is 23.6 Å². The number of carbonyl (C=O) groups excluding carboxylic acids is 1. The van der Waals surface area contributed by atoms with Crippen molar-refractivity contribution < 1.29 is 19.4 Å². The molecule has 208 valence electrons.